The molecule has 25 heavy (non-hydrogen) atoms. The zero-order valence-electron chi connectivity index (χ0n) is 14.8. The fourth-order valence-corrected chi connectivity index (χ4v) is 3.68. The molecular weight excluding hydrogens is 312 g/mol. The van der Waals surface area contributed by atoms with Crippen molar-refractivity contribution in [1.82, 2.24) is 5.06 Å². The minimum absolute atomic E-state index is 0.116. The summed E-state index contributed by atoms with van der Waals surface area (Å²) in [5.74, 6) is 0.970. The van der Waals surface area contributed by atoms with Gasteiger partial charge >= 0.3 is 0 Å². The van der Waals surface area contributed by atoms with Crippen LogP contribution < -0.4 is 4.90 Å². The van der Waals surface area contributed by atoms with Gasteiger partial charge in [-0.25, -0.2) is 0 Å². The summed E-state index contributed by atoms with van der Waals surface area (Å²) in [7, 11) is 1.95. The maximum absolute atomic E-state index is 12.7. The first-order valence-electron chi connectivity index (χ1n) is 8.74. The summed E-state index contributed by atoms with van der Waals surface area (Å²) in [6.45, 7) is 4.63. The van der Waals surface area contributed by atoms with Crippen molar-refractivity contribution in [2.45, 2.75) is 32.9 Å². The number of hydroxylamine groups is 2. The van der Waals surface area contributed by atoms with Crippen molar-refractivity contribution >= 4 is 22.9 Å². The van der Waals surface area contributed by atoms with Crippen LogP contribution in [0.4, 0.5) is 5.69 Å². The Hall–Kier alpha value is -2.59. The normalized spacial score (nSPS) is 19.5. The molecule has 2 heterocycles. The van der Waals surface area contributed by atoms with Crippen LogP contribution in [0.2, 0.25) is 0 Å². The van der Waals surface area contributed by atoms with Crippen molar-refractivity contribution in [1.29, 1.82) is 0 Å². The van der Waals surface area contributed by atoms with Gasteiger partial charge in [0.1, 0.15) is 0 Å². The molecule has 0 aromatic heterocycles. The lowest BCUT2D eigenvalue weighted by atomic mass is 9.90. The lowest BCUT2D eigenvalue weighted by Crippen LogP contribution is -2.31. The highest BCUT2D eigenvalue weighted by Crippen LogP contribution is 2.44. The Bertz CT molecular complexity index is 872. The molecular formula is C21H22N2O2. The maximum atomic E-state index is 12.7. The van der Waals surface area contributed by atoms with Crippen LogP contribution in [-0.2, 0) is 16.2 Å². The lowest BCUT2D eigenvalue weighted by molar-refractivity contribution is -0.118. The number of likely N-dealkylation sites (N-methyl/N-ethyl adjacent to an activating group) is 1. The molecule has 4 rings (SSSR count). The summed E-state index contributed by atoms with van der Waals surface area (Å²) in [6.07, 6.45) is 0.472. The van der Waals surface area contributed by atoms with Crippen LogP contribution in [0.5, 0.6) is 0 Å². The van der Waals surface area contributed by atoms with Crippen molar-refractivity contribution in [3.8, 4) is 0 Å². The van der Waals surface area contributed by atoms with Gasteiger partial charge in [0.25, 0.3) is 0 Å². The van der Waals surface area contributed by atoms with Crippen molar-refractivity contribution in [2.24, 2.45) is 0 Å². The SMILES string of the molecule is CCC(=O)N1Cc2ccccc2C2=C(ON(C)C2C)c2ccccc21. The molecule has 1 unspecified atom stereocenters. The first-order valence-corrected chi connectivity index (χ1v) is 8.74. The summed E-state index contributed by atoms with van der Waals surface area (Å²) in [6, 6.07) is 16.5. The van der Waals surface area contributed by atoms with Gasteiger partial charge in [-0.05, 0) is 30.2 Å². The smallest absolute Gasteiger partial charge is 0.227 e. The fraction of sp³-hybridized carbons (Fsp3) is 0.286. The van der Waals surface area contributed by atoms with E-state index in [4.69, 9.17) is 4.84 Å². The summed E-state index contributed by atoms with van der Waals surface area (Å²) in [5.41, 5.74) is 5.40. The quantitative estimate of drug-likeness (QED) is 0.788. The molecule has 0 fully saturated rings. The summed E-state index contributed by atoms with van der Waals surface area (Å²) in [5, 5.41) is 1.88. The number of nitrogens with zero attached hydrogens (tertiary/aromatic N) is 2. The molecule has 0 spiro atoms. The molecule has 0 N–H and O–H groups in total. The number of hydrogen-bond donors (Lipinski definition) is 0. The van der Waals surface area contributed by atoms with Crippen LogP contribution in [0.3, 0.4) is 0 Å². The van der Waals surface area contributed by atoms with Crippen LogP contribution in [-0.4, -0.2) is 24.1 Å². The van der Waals surface area contributed by atoms with Crippen molar-refractivity contribution in [2.75, 3.05) is 11.9 Å². The Morgan fingerprint density at radius 2 is 1.80 bits per heavy atom. The standard InChI is InChI=1S/C21H22N2O2/c1-4-19(24)23-13-15-9-5-6-10-16(15)20-14(2)22(3)25-21(20)17-11-7-8-12-18(17)23/h5-12,14H,4,13H2,1-3H3. The van der Waals surface area contributed by atoms with Gasteiger partial charge in [0.05, 0.1) is 18.3 Å². The van der Waals surface area contributed by atoms with E-state index in [9.17, 15) is 4.79 Å². The third-order valence-electron chi connectivity index (χ3n) is 5.12. The summed E-state index contributed by atoms with van der Waals surface area (Å²) < 4.78 is 0. The van der Waals surface area contributed by atoms with E-state index in [2.05, 4.69) is 19.1 Å². The van der Waals surface area contributed by atoms with Crippen LogP contribution in [0, 0.1) is 0 Å². The first kappa shape index (κ1) is 15.9. The minimum atomic E-state index is 0.116. The number of fused-ring (bicyclic) bond motifs is 4. The van der Waals surface area contributed by atoms with E-state index in [0.717, 1.165) is 28.1 Å². The average molecular weight is 334 g/mol. The number of benzene rings is 2. The van der Waals surface area contributed by atoms with E-state index in [0.29, 0.717) is 13.0 Å². The van der Waals surface area contributed by atoms with E-state index in [1.807, 2.05) is 60.3 Å². The van der Waals surface area contributed by atoms with Gasteiger partial charge in [-0.1, -0.05) is 43.3 Å². The van der Waals surface area contributed by atoms with E-state index < -0.39 is 0 Å². The highest BCUT2D eigenvalue weighted by atomic mass is 16.7. The fourth-order valence-electron chi connectivity index (χ4n) is 3.68. The number of carbonyl (C=O) groups excluding carboxylic acids is 1. The maximum Gasteiger partial charge on any atom is 0.227 e. The van der Waals surface area contributed by atoms with Gasteiger partial charge in [-0.2, -0.15) is 0 Å². The molecule has 2 aromatic carbocycles. The Morgan fingerprint density at radius 1 is 1.12 bits per heavy atom. The Balaban J connectivity index is 2.03. The third kappa shape index (κ3) is 2.45. The van der Waals surface area contributed by atoms with Gasteiger partial charge in [0.2, 0.25) is 5.91 Å². The second-order valence-electron chi connectivity index (χ2n) is 6.56. The van der Waals surface area contributed by atoms with Crippen LogP contribution >= 0.6 is 0 Å². The number of amides is 1. The number of anilines is 1. The number of hydrogen-bond acceptors (Lipinski definition) is 3. The van der Waals surface area contributed by atoms with E-state index in [1.165, 1.54) is 5.57 Å². The number of rotatable bonds is 1. The molecule has 1 amide bonds. The molecule has 2 aliphatic heterocycles. The number of carbonyl (C=O) groups is 1. The van der Waals surface area contributed by atoms with Crippen LogP contribution in [0.1, 0.15) is 37.0 Å². The molecule has 2 aliphatic rings. The predicted octanol–water partition coefficient (Wildman–Crippen LogP) is 4.08. The topological polar surface area (TPSA) is 32.8 Å². The van der Waals surface area contributed by atoms with Crippen LogP contribution in [0.25, 0.3) is 11.3 Å². The molecule has 2 aromatic rings. The zero-order chi connectivity index (χ0) is 17.6. The van der Waals surface area contributed by atoms with E-state index >= 15 is 0 Å². The van der Waals surface area contributed by atoms with Crippen molar-refractivity contribution in [3.05, 3.63) is 65.2 Å². The monoisotopic (exact) mass is 334 g/mol. The van der Waals surface area contributed by atoms with Gasteiger partial charge in [-0.15, -0.1) is 5.06 Å². The zero-order valence-corrected chi connectivity index (χ0v) is 14.8. The molecule has 4 heteroatoms. The molecule has 0 aliphatic carbocycles. The molecule has 1 atom stereocenters. The second-order valence-corrected chi connectivity index (χ2v) is 6.56. The highest BCUT2D eigenvalue weighted by molar-refractivity contribution is 6.01. The van der Waals surface area contributed by atoms with E-state index in [-0.39, 0.29) is 11.9 Å². The van der Waals surface area contributed by atoms with Gasteiger partial charge in [-0.3, -0.25) is 4.79 Å². The van der Waals surface area contributed by atoms with E-state index in [1.54, 1.807) is 0 Å². The Kier molecular flexibility index (Phi) is 3.85. The Labute approximate surface area is 148 Å². The molecule has 0 bridgehead atoms. The van der Waals surface area contributed by atoms with Gasteiger partial charge < -0.3 is 9.74 Å². The molecule has 128 valence electrons. The molecule has 0 saturated carbocycles. The van der Waals surface area contributed by atoms with Gasteiger partial charge in [0.15, 0.2) is 5.76 Å². The summed E-state index contributed by atoms with van der Waals surface area (Å²) >= 11 is 0. The highest BCUT2D eigenvalue weighted by Gasteiger charge is 2.36. The first-order chi connectivity index (χ1) is 12.1. The van der Waals surface area contributed by atoms with Crippen molar-refractivity contribution < 1.29 is 9.63 Å². The average Bonchev–Trinajstić information content (AvgIpc) is 2.92. The van der Waals surface area contributed by atoms with Gasteiger partial charge in [0, 0.05) is 24.6 Å². The number of para-hydroxylation sites is 1. The minimum Gasteiger partial charge on any atom is -0.405 e. The molecule has 4 nitrogen and oxygen atoms in total. The second kappa shape index (κ2) is 6.05. The predicted molar refractivity (Wildman–Crippen MR) is 99.5 cm³/mol. The van der Waals surface area contributed by atoms with Crippen molar-refractivity contribution in [3.63, 3.8) is 0 Å². The Morgan fingerprint density at radius 3 is 2.56 bits per heavy atom. The summed E-state index contributed by atoms with van der Waals surface area (Å²) in [4.78, 5) is 20.7. The molecule has 0 saturated heterocycles. The lowest BCUT2D eigenvalue weighted by Gasteiger charge is -2.28. The van der Waals surface area contributed by atoms with Crippen LogP contribution in [0.15, 0.2) is 48.5 Å². The third-order valence-corrected chi connectivity index (χ3v) is 5.12. The molecule has 0 radical (unpaired) electrons. The largest absolute Gasteiger partial charge is 0.405 e.